The molecule has 1 aromatic heterocycles. The van der Waals surface area contributed by atoms with E-state index in [0.29, 0.717) is 19.4 Å². The standard InChI is InChI=1S/C25H41N5O2/c1-23(2,3)26-21(22(31)27-24(4,5)6)16-18-10-12-20(13-11-18)32-15-14-19-17-30(29-28-19)25(7,8)9/h10-13,17,21,26H,14-16H2,1-9H3,(H,27,31). The second-order valence-electron chi connectivity index (χ2n) is 11.5. The average Bonchev–Trinajstić information content (AvgIpc) is 3.09. The molecule has 2 N–H and O–H groups in total. The minimum Gasteiger partial charge on any atom is -0.493 e. The van der Waals surface area contributed by atoms with Gasteiger partial charge in [-0.15, -0.1) is 5.10 Å². The van der Waals surface area contributed by atoms with E-state index in [1.807, 2.05) is 55.9 Å². The lowest BCUT2D eigenvalue weighted by Crippen LogP contribution is -2.56. The monoisotopic (exact) mass is 443 g/mol. The second kappa shape index (κ2) is 10.0. The third-order valence-electron chi connectivity index (χ3n) is 4.64. The Labute approximate surface area is 193 Å². The first kappa shape index (κ1) is 25.8. The number of benzene rings is 1. The molecule has 1 amide bonds. The maximum atomic E-state index is 12.8. The van der Waals surface area contributed by atoms with Crippen LogP contribution in [0.15, 0.2) is 30.5 Å². The number of ether oxygens (including phenoxy) is 1. The van der Waals surface area contributed by atoms with Gasteiger partial charge in [0.05, 0.1) is 23.9 Å². The van der Waals surface area contributed by atoms with Crippen LogP contribution in [0.4, 0.5) is 0 Å². The van der Waals surface area contributed by atoms with Crippen LogP contribution in [-0.2, 0) is 23.2 Å². The van der Waals surface area contributed by atoms with Crippen molar-refractivity contribution in [2.45, 2.75) is 97.8 Å². The number of carbonyl (C=O) groups is 1. The van der Waals surface area contributed by atoms with Gasteiger partial charge >= 0.3 is 0 Å². The SMILES string of the molecule is CC(C)(C)NC(=O)C(Cc1ccc(OCCc2cn(C(C)(C)C)nn2)cc1)NC(C)(C)C. The average molecular weight is 444 g/mol. The Morgan fingerprint density at radius 1 is 1.00 bits per heavy atom. The molecule has 7 nitrogen and oxygen atoms in total. The van der Waals surface area contributed by atoms with Gasteiger partial charge in [0, 0.05) is 23.7 Å². The number of nitrogens with one attached hydrogen (secondary N) is 2. The van der Waals surface area contributed by atoms with Gasteiger partial charge in [0.15, 0.2) is 0 Å². The quantitative estimate of drug-likeness (QED) is 0.647. The van der Waals surface area contributed by atoms with Crippen LogP contribution in [0.5, 0.6) is 5.75 Å². The second-order valence-corrected chi connectivity index (χ2v) is 11.5. The van der Waals surface area contributed by atoms with Gasteiger partial charge in [0.1, 0.15) is 5.75 Å². The first-order valence-electron chi connectivity index (χ1n) is 11.4. The normalized spacial score (nSPS) is 13.7. The van der Waals surface area contributed by atoms with Crippen molar-refractivity contribution in [3.05, 3.63) is 41.7 Å². The Bertz CT molecular complexity index is 867. The molecule has 0 aliphatic carbocycles. The Balaban J connectivity index is 1.94. The first-order chi connectivity index (χ1) is 14.6. The molecule has 2 rings (SSSR count). The topological polar surface area (TPSA) is 81.1 Å². The smallest absolute Gasteiger partial charge is 0.237 e. The molecule has 0 fully saturated rings. The molecule has 0 radical (unpaired) electrons. The van der Waals surface area contributed by atoms with Gasteiger partial charge in [0.25, 0.3) is 0 Å². The highest BCUT2D eigenvalue weighted by Gasteiger charge is 2.26. The van der Waals surface area contributed by atoms with Gasteiger partial charge in [0.2, 0.25) is 5.91 Å². The van der Waals surface area contributed by atoms with Crippen LogP contribution < -0.4 is 15.4 Å². The summed E-state index contributed by atoms with van der Waals surface area (Å²) in [5.74, 6) is 0.812. The van der Waals surface area contributed by atoms with Crippen molar-refractivity contribution in [1.82, 2.24) is 25.6 Å². The summed E-state index contributed by atoms with van der Waals surface area (Å²) in [6.07, 6.45) is 3.27. The number of hydrogen-bond acceptors (Lipinski definition) is 5. The Hall–Kier alpha value is -2.41. The van der Waals surface area contributed by atoms with E-state index >= 15 is 0 Å². The van der Waals surface area contributed by atoms with Gasteiger partial charge < -0.3 is 15.4 Å². The van der Waals surface area contributed by atoms with Gasteiger partial charge in [-0.25, -0.2) is 4.68 Å². The fraction of sp³-hybridized carbons (Fsp3) is 0.640. The number of aromatic nitrogens is 3. The number of hydrogen-bond donors (Lipinski definition) is 2. The Morgan fingerprint density at radius 2 is 1.62 bits per heavy atom. The van der Waals surface area contributed by atoms with E-state index in [4.69, 9.17) is 4.74 Å². The van der Waals surface area contributed by atoms with E-state index in [2.05, 4.69) is 62.5 Å². The maximum absolute atomic E-state index is 12.8. The van der Waals surface area contributed by atoms with E-state index in [0.717, 1.165) is 17.0 Å². The van der Waals surface area contributed by atoms with Crippen LogP contribution in [0.25, 0.3) is 0 Å². The molecule has 0 spiro atoms. The van der Waals surface area contributed by atoms with Gasteiger partial charge in [-0.2, -0.15) is 0 Å². The summed E-state index contributed by atoms with van der Waals surface area (Å²) < 4.78 is 7.76. The third kappa shape index (κ3) is 8.99. The van der Waals surface area contributed by atoms with Crippen molar-refractivity contribution in [1.29, 1.82) is 0 Å². The van der Waals surface area contributed by atoms with Gasteiger partial charge in [-0.3, -0.25) is 4.79 Å². The molecule has 0 aliphatic rings. The van der Waals surface area contributed by atoms with Crippen molar-refractivity contribution in [2.24, 2.45) is 0 Å². The van der Waals surface area contributed by atoms with E-state index in [9.17, 15) is 4.79 Å². The minimum atomic E-state index is -0.313. The fourth-order valence-electron chi connectivity index (χ4n) is 3.16. The fourth-order valence-corrected chi connectivity index (χ4v) is 3.16. The highest BCUT2D eigenvalue weighted by molar-refractivity contribution is 5.82. The summed E-state index contributed by atoms with van der Waals surface area (Å²) in [5, 5.41) is 14.9. The summed E-state index contributed by atoms with van der Waals surface area (Å²) >= 11 is 0. The van der Waals surface area contributed by atoms with Gasteiger partial charge in [-0.05, 0) is 86.4 Å². The maximum Gasteiger partial charge on any atom is 0.237 e. The van der Waals surface area contributed by atoms with Crippen LogP contribution in [0.1, 0.15) is 73.6 Å². The molecule has 0 saturated heterocycles. The van der Waals surface area contributed by atoms with Crippen LogP contribution in [0.2, 0.25) is 0 Å². The summed E-state index contributed by atoms with van der Waals surface area (Å²) in [4.78, 5) is 12.8. The highest BCUT2D eigenvalue weighted by atomic mass is 16.5. The summed E-state index contributed by atoms with van der Waals surface area (Å²) in [6, 6.07) is 7.64. The van der Waals surface area contributed by atoms with E-state index < -0.39 is 0 Å². The van der Waals surface area contributed by atoms with Crippen molar-refractivity contribution in [3.63, 3.8) is 0 Å². The molecule has 1 atom stereocenters. The Morgan fingerprint density at radius 3 is 2.12 bits per heavy atom. The van der Waals surface area contributed by atoms with Gasteiger partial charge in [-0.1, -0.05) is 17.3 Å². The molecule has 32 heavy (non-hydrogen) atoms. The number of carbonyl (C=O) groups excluding carboxylic acids is 1. The first-order valence-corrected chi connectivity index (χ1v) is 11.4. The van der Waals surface area contributed by atoms with Crippen LogP contribution in [0, 0.1) is 0 Å². The molecule has 0 bridgehead atoms. The van der Waals surface area contributed by atoms with Crippen LogP contribution in [-0.4, -0.2) is 44.6 Å². The van der Waals surface area contributed by atoms with Crippen molar-refractivity contribution >= 4 is 5.91 Å². The van der Waals surface area contributed by atoms with E-state index in [-0.39, 0.29) is 28.6 Å². The number of nitrogens with zero attached hydrogens (tertiary/aromatic N) is 3. The largest absolute Gasteiger partial charge is 0.493 e. The van der Waals surface area contributed by atoms with Crippen molar-refractivity contribution in [3.8, 4) is 5.75 Å². The highest BCUT2D eigenvalue weighted by Crippen LogP contribution is 2.16. The predicted molar refractivity (Wildman–Crippen MR) is 129 cm³/mol. The number of rotatable bonds is 8. The summed E-state index contributed by atoms with van der Waals surface area (Å²) in [6.45, 7) is 19.0. The zero-order chi connectivity index (χ0) is 24.2. The molecular weight excluding hydrogens is 402 g/mol. The summed E-state index contributed by atoms with van der Waals surface area (Å²) in [7, 11) is 0. The van der Waals surface area contributed by atoms with Crippen LogP contribution >= 0.6 is 0 Å². The molecule has 1 heterocycles. The zero-order valence-electron chi connectivity index (χ0n) is 21.2. The molecule has 0 aliphatic heterocycles. The molecule has 1 aromatic carbocycles. The predicted octanol–water partition coefficient (Wildman–Crippen LogP) is 3.87. The van der Waals surface area contributed by atoms with E-state index in [1.54, 1.807) is 0 Å². The lowest BCUT2D eigenvalue weighted by atomic mass is 9.99. The molecule has 7 heteroatoms. The van der Waals surface area contributed by atoms with Crippen molar-refractivity contribution < 1.29 is 9.53 Å². The van der Waals surface area contributed by atoms with Crippen LogP contribution in [0.3, 0.4) is 0 Å². The van der Waals surface area contributed by atoms with Crippen molar-refractivity contribution in [2.75, 3.05) is 6.61 Å². The lowest BCUT2D eigenvalue weighted by molar-refractivity contribution is -0.125. The molecule has 178 valence electrons. The summed E-state index contributed by atoms with van der Waals surface area (Å²) in [5.41, 5.74) is 1.47. The lowest BCUT2D eigenvalue weighted by Gasteiger charge is -2.31. The zero-order valence-corrected chi connectivity index (χ0v) is 21.2. The molecule has 0 saturated carbocycles. The molecule has 1 unspecified atom stereocenters. The minimum absolute atomic E-state index is 0.0102. The molecular formula is C25H41N5O2. The third-order valence-corrected chi connectivity index (χ3v) is 4.64. The Kier molecular flexibility index (Phi) is 8.10. The van der Waals surface area contributed by atoms with E-state index in [1.165, 1.54) is 0 Å². The number of amides is 1. The molecule has 2 aromatic rings.